The van der Waals surface area contributed by atoms with Gasteiger partial charge in [0.1, 0.15) is 0 Å². The van der Waals surface area contributed by atoms with Crippen molar-refractivity contribution in [3.05, 3.63) is 11.8 Å². The average Bonchev–Trinajstić information content (AvgIpc) is 2.97. The van der Waals surface area contributed by atoms with Crippen LogP contribution in [-0.4, -0.2) is 44.9 Å². The molecule has 1 aromatic heterocycles. The molecule has 0 bridgehead atoms. The predicted octanol–water partition coefficient (Wildman–Crippen LogP) is 2.02. The van der Waals surface area contributed by atoms with Crippen LogP contribution in [0.3, 0.4) is 0 Å². The molecule has 1 aliphatic heterocycles. The maximum atomic E-state index is 12.5. The molecule has 0 aromatic carbocycles. The van der Waals surface area contributed by atoms with Crippen LogP contribution in [-0.2, 0) is 11.8 Å². The highest BCUT2D eigenvalue weighted by atomic mass is 16.4. The van der Waals surface area contributed by atoms with E-state index in [-0.39, 0.29) is 11.9 Å². The second kappa shape index (κ2) is 4.97. The van der Waals surface area contributed by atoms with Crippen molar-refractivity contribution >= 4 is 17.8 Å². The number of aromatic nitrogens is 2. The van der Waals surface area contributed by atoms with Crippen molar-refractivity contribution in [2.75, 3.05) is 18.4 Å². The van der Waals surface area contributed by atoms with Crippen molar-refractivity contribution in [1.82, 2.24) is 14.7 Å². The fraction of sp³-hybridized carbons (Fsp3) is 0.688. The van der Waals surface area contributed by atoms with E-state index in [2.05, 4.69) is 10.4 Å². The van der Waals surface area contributed by atoms with E-state index in [4.69, 9.17) is 0 Å². The number of hydrogen-bond acceptors (Lipinski definition) is 3. The molecule has 3 aliphatic rings. The molecule has 2 heterocycles. The van der Waals surface area contributed by atoms with Crippen LogP contribution in [0.15, 0.2) is 6.07 Å². The lowest BCUT2D eigenvalue weighted by molar-refractivity contribution is -0.149. The van der Waals surface area contributed by atoms with E-state index in [1.165, 1.54) is 12.8 Å². The Morgan fingerprint density at radius 2 is 2.17 bits per heavy atom. The Bertz CT molecular complexity index is 666. The van der Waals surface area contributed by atoms with Crippen LogP contribution in [0, 0.1) is 11.3 Å². The molecule has 1 saturated heterocycles. The molecule has 23 heavy (non-hydrogen) atoms. The fourth-order valence-electron chi connectivity index (χ4n) is 4.29. The third-order valence-electron chi connectivity index (χ3n) is 5.73. The molecule has 7 heteroatoms. The van der Waals surface area contributed by atoms with Gasteiger partial charge in [0, 0.05) is 37.8 Å². The van der Waals surface area contributed by atoms with E-state index in [9.17, 15) is 14.7 Å². The molecule has 2 N–H and O–H groups in total. The maximum Gasteiger partial charge on any atom is 0.323 e. The zero-order valence-corrected chi connectivity index (χ0v) is 13.3. The maximum absolute atomic E-state index is 12.5. The Balaban J connectivity index is 1.46. The molecule has 3 fully saturated rings. The molecule has 0 unspecified atom stereocenters. The van der Waals surface area contributed by atoms with Gasteiger partial charge in [-0.25, -0.2) is 4.79 Å². The number of nitrogens with one attached hydrogen (secondary N) is 1. The van der Waals surface area contributed by atoms with Crippen LogP contribution in [0.25, 0.3) is 0 Å². The summed E-state index contributed by atoms with van der Waals surface area (Å²) < 4.78 is 1.82. The van der Waals surface area contributed by atoms with Crippen molar-refractivity contribution in [3.8, 4) is 0 Å². The van der Waals surface area contributed by atoms with E-state index in [0.717, 1.165) is 18.5 Å². The first-order chi connectivity index (χ1) is 11.0. The van der Waals surface area contributed by atoms with Gasteiger partial charge in [-0.2, -0.15) is 5.10 Å². The summed E-state index contributed by atoms with van der Waals surface area (Å²) in [5.41, 5.74) is 0.418. The molecule has 0 radical (unpaired) electrons. The van der Waals surface area contributed by atoms with Crippen LogP contribution in [0.1, 0.15) is 43.7 Å². The zero-order chi connectivity index (χ0) is 16.2. The van der Waals surface area contributed by atoms with Gasteiger partial charge in [0.05, 0.1) is 5.41 Å². The molecule has 2 saturated carbocycles. The summed E-state index contributed by atoms with van der Waals surface area (Å²) in [5.74, 6) is 0.445. The summed E-state index contributed by atoms with van der Waals surface area (Å²) in [5, 5.41) is 16.8. The number of carbonyl (C=O) groups is 2. The number of nitrogens with zero attached hydrogens (tertiary/aromatic N) is 3. The largest absolute Gasteiger partial charge is 0.481 e. The van der Waals surface area contributed by atoms with Crippen LogP contribution in [0.2, 0.25) is 0 Å². The molecular weight excluding hydrogens is 296 g/mol. The Hall–Kier alpha value is -2.05. The summed E-state index contributed by atoms with van der Waals surface area (Å²) >= 11 is 0. The van der Waals surface area contributed by atoms with Gasteiger partial charge in [-0.1, -0.05) is 6.42 Å². The number of hydrogen-bond donors (Lipinski definition) is 2. The molecule has 124 valence electrons. The first-order valence-electron chi connectivity index (χ1n) is 8.33. The first-order valence-corrected chi connectivity index (χ1v) is 8.33. The summed E-state index contributed by atoms with van der Waals surface area (Å²) in [6.07, 6.45) is 4.87. The lowest BCUT2D eigenvalue weighted by Gasteiger charge is -2.23. The van der Waals surface area contributed by atoms with Crippen LogP contribution in [0.4, 0.5) is 10.6 Å². The molecule has 2 amide bonds. The van der Waals surface area contributed by atoms with Crippen molar-refractivity contribution in [2.24, 2.45) is 18.4 Å². The summed E-state index contributed by atoms with van der Waals surface area (Å²) in [6, 6.07) is 1.69. The number of rotatable bonds is 3. The minimum absolute atomic E-state index is 0.0801. The zero-order valence-electron chi connectivity index (χ0n) is 13.3. The highest BCUT2D eigenvalue weighted by molar-refractivity contribution is 5.89. The highest BCUT2D eigenvalue weighted by Crippen LogP contribution is 2.49. The van der Waals surface area contributed by atoms with E-state index in [0.29, 0.717) is 31.2 Å². The van der Waals surface area contributed by atoms with Gasteiger partial charge in [-0.15, -0.1) is 0 Å². The van der Waals surface area contributed by atoms with Crippen molar-refractivity contribution in [1.29, 1.82) is 0 Å². The van der Waals surface area contributed by atoms with Crippen molar-refractivity contribution in [2.45, 2.75) is 38.0 Å². The highest BCUT2D eigenvalue weighted by Gasteiger charge is 2.55. The van der Waals surface area contributed by atoms with E-state index in [1.54, 1.807) is 4.90 Å². The minimum atomic E-state index is -0.760. The van der Waals surface area contributed by atoms with E-state index in [1.807, 2.05) is 17.8 Å². The molecule has 4 rings (SSSR count). The third kappa shape index (κ3) is 2.29. The SMILES string of the molecule is Cn1nc(NC(=O)N2C[C@@H]3CCC[C@@]3(C(=O)O)C2)cc1C1CC1. The van der Waals surface area contributed by atoms with E-state index >= 15 is 0 Å². The third-order valence-corrected chi connectivity index (χ3v) is 5.73. The predicted molar refractivity (Wildman–Crippen MR) is 83.2 cm³/mol. The van der Waals surface area contributed by atoms with Gasteiger partial charge >= 0.3 is 12.0 Å². The molecule has 2 atom stereocenters. The number of anilines is 1. The summed E-state index contributed by atoms with van der Waals surface area (Å²) in [4.78, 5) is 25.8. The number of fused-ring (bicyclic) bond motifs is 1. The molecule has 2 aliphatic carbocycles. The monoisotopic (exact) mass is 318 g/mol. The van der Waals surface area contributed by atoms with Gasteiger partial charge in [-0.05, 0) is 31.6 Å². The van der Waals surface area contributed by atoms with Crippen molar-refractivity contribution < 1.29 is 14.7 Å². The normalized spacial score (nSPS) is 29.6. The molecule has 7 nitrogen and oxygen atoms in total. The Morgan fingerprint density at radius 1 is 1.39 bits per heavy atom. The lowest BCUT2D eigenvalue weighted by Crippen LogP contribution is -2.38. The molecule has 1 aromatic rings. The molecule has 0 spiro atoms. The number of likely N-dealkylation sites (tertiary alicyclic amines) is 1. The average molecular weight is 318 g/mol. The fourth-order valence-corrected chi connectivity index (χ4v) is 4.29. The van der Waals surface area contributed by atoms with Crippen LogP contribution < -0.4 is 5.32 Å². The van der Waals surface area contributed by atoms with Gasteiger partial charge in [0.2, 0.25) is 0 Å². The Kier molecular flexibility index (Phi) is 3.14. The number of aryl methyl sites for hydroxylation is 1. The standard InChI is InChI=1S/C16H22N4O3/c1-19-12(10-4-5-10)7-13(18-19)17-15(23)20-8-11-3-2-6-16(11,9-20)14(21)22/h7,10-11H,2-6,8-9H2,1H3,(H,21,22)(H,17,18,23)/t11-,16+/m0/s1. The summed E-state index contributed by atoms with van der Waals surface area (Å²) in [6.45, 7) is 0.835. The Labute approximate surface area is 134 Å². The van der Waals surface area contributed by atoms with Gasteiger partial charge in [0.25, 0.3) is 0 Å². The number of carboxylic acid groups (broad SMARTS) is 1. The lowest BCUT2D eigenvalue weighted by atomic mass is 9.81. The number of aliphatic carboxylic acids is 1. The van der Waals surface area contributed by atoms with E-state index < -0.39 is 11.4 Å². The van der Waals surface area contributed by atoms with Crippen LogP contribution in [0.5, 0.6) is 0 Å². The van der Waals surface area contributed by atoms with Gasteiger partial charge in [-0.3, -0.25) is 14.8 Å². The minimum Gasteiger partial charge on any atom is -0.481 e. The smallest absolute Gasteiger partial charge is 0.323 e. The molecular formula is C16H22N4O3. The van der Waals surface area contributed by atoms with Gasteiger partial charge in [0.15, 0.2) is 5.82 Å². The Morgan fingerprint density at radius 3 is 2.83 bits per heavy atom. The number of amides is 2. The number of carboxylic acids is 1. The first kappa shape index (κ1) is 14.5. The van der Waals surface area contributed by atoms with Crippen molar-refractivity contribution in [3.63, 3.8) is 0 Å². The topological polar surface area (TPSA) is 87.5 Å². The number of carbonyl (C=O) groups excluding carboxylic acids is 1. The second-order valence-electron chi connectivity index (χ2n) is 7.21. The second-order valence-corrected chi connectivity index (χ2v) is 7.21. The quantitative estimate of drug-likeness (QED) is 0.892. The van der Waals surface area contributed by atoms with Gasteiger partial charge < -0.3 is 10.0 Å². The summed E-state index contributed by atoms with van der Waals surface area (Å²) in [7, 11) is 1.89. The number of urea groups is 1. The van der Waals surface area contributed by atoms with Crippen LogP contribution >= 0.6 is 0 Å².